The molecular weight excluding hydrogens is 407 g/mol. The van der Waals surface area contributed by atoms with E-state index in [1.54, 1.807) is 29.2 Å². The minimum absolute atomic E-state index is 0.130. The van der Waals surface area contributed by atoms with E-state index >= 15 is 0 Å². The molecule has 2 aromatic rings. The van der Waals surface area contributed by atoms with Crippen molar-refractivity contribution in [2.45, 2.75) is 37.8 Å². The SMILES string of the molecule is NC1=NC2(CCCCC2)N(c2ccc(Cl)cc2C(=O)Nc2cccc(F)c2)C(N)=N1. The zero-order valence-corrected chi connectivity index (χ0v) is 17.0. The van der Waals surface area contributed by atoms with E-state index in [1.165, 1.54) is 18.2 Å². The van der Waals surface area contributed by atoms with Gasteiger partial charge < -0.3 is 16.8 Å². The number of nitrogens with one attached hydrogen (secondary N) is 1. The molecule has 4 rings (SSSR count). The van der Waals surface area contributed by atoms with Gasteiger partial charge in [0.25, 0.3) is 5.91 Å². The first kappa shape index (κ1) is 20.2. The van der Waals surface area contributed by atoms with Crippen LogP contribution < -0.4 is 21.7 Å². The van der Waals surface area contributed by atoms with Crippen LogP contribution in [0, 0.1) is 5.82 Å². The Hall–Kier alpha value is -3.13. The number of amides is 1. The number of guanidine groups is 2. The summed E-state index contributed by atoms with van der Waals surface area (Å²) in [6.45, 7) is 0. The van der Waals surface area contributed by atoms with Gasteiger partial charge in [-0.05, 0) is 62.1 Å². The van der Waals surface area contributed by atoms with Crippen molar-refractivity contribution in [2.75, 3.05) is 10.2 Å². The molecule has 0 radical (unpaired) electrons. The molecule has 2 aromatic carbocycles. The Bertz CT molecular complexity index is 1050. The summed E-state index contributed by atoms with van der Waals surface area (Å²) >= 11 is 6.20. The van der Waals surface area contributed by atoms with Crippen LogP contribution >= 0.6 is 11.6 Å². The highest BCUT2D eigenvalue weighted by molar-refractivity contribution is 6.31. The van der Waals surface area contributed by atoms with Crippen molar-refractivity contribution in [3.8, 4) is 0 Å². The van der Waals surface area contributed by atoms with E-state index in [1.807, 2.05) is 0 Å². The maximum absolute atomic E-state index is 13.5. The monoisotopic (exact) mass is 428 g/mol. The molecule has 2 aliphatic rings. The zero-order chi connectivity index (χ0) is 21.3. The Morgan fingerprint density at radius 3 is 2.63 bits per heavy atom. The minimum Gasteiger partial charge on any atom is -0.369 e. The lowest BCUT2D eigenvalue weighted by Crippen LogP contribution is -2.58. The topological polar surface area (TPSA) is 109 Å². The zero-order valence-electron chi connectivity index (χ0n) is 16.2. The van der Waals surface area contributed by atoms with Crippen molar-refractivity contribution < 1.29 is 9.18 Å². The van der Waals surface area contributed by atoms with Crippen molar-refractivity contribution in [1.82, 2.24) is 0 Å². The summed E-state index contributed by atoms with van der Waals surface area (Å²) in [6.07, 6.45) is 4.47. The van der Waals surface area contributed by atoms with Gasteiger partial charge in [-0.3, -0.25) is 9.69 Å². The minimum atomic E-state index is -0.699. The number of hydrogen-bond acceptors (Lipinski definition) is 6. The van der Waals surface area contributed by atoms with Gasteiger partial charge >= 0.3 is 0 Å². The highest BCUT2D eigenvalue weighted by atomic mass is 35.5. The second-order valence-corrected chi connectivity index (χ2v) is 7.88. The molecule has 1 heterocycles. The number of hydrogen-bond donors (Lipinski definition) is 3. The van der Waals surface area contributed by atoms with Crippen LogP contribution in [0.25, 0.3) is 0 Å². The van der Waals surface area contributed by atoms with Gasteiger partial charge in [0.2, 0.25) is 11.9 Å². The lowest BCUT2D eigenvalue weighted by Gasteiger charge is -2.46. The van der Waals surface area contributed by atoms with Gasteiger partial charge in [-0.2, -0.15) is 4.99 Å². The number of aliphatic imine (C=N–C) groups is 2. The van der Waals surface area contributed by atoms with E-state index in [0.717, 1.165) is 32.1 Å². The van der Waals surface area contributed by atoms with Crippen LogP contribution in [0.15, 0.2) is 52.4 Å². The molecule has 1 aliphatic heterocycles. The van der Waals surface area contributed by atoms with Gasteiger partial charge in [0, 0.05) is 10.7 Å². The van der Waals surface area contributed by atoms with Crippen LogP contribution in [0.2, 0.25) is 5.02 Å². The predicted octanol–water partition coefficient (Wildman–Crippen LogP) is 3.84. The first-order valence-electron chi connectivity index (χ1n) is 9.74. The molecule has 1 saturated carbocycles. The second-order valence-electron chi connectivity index (χ2n) is 7.44. The van der Waals surface area contributed by atoms with Crippen molar-refractivity contribution in [3.05, 3.63) is 58.9 Å². The number of nitrogens with zero attached hydrogens (tertiary/aromatic N) is 3. The van der Waals surface area contributed by atoms with Crippen LogP contribution in [-0.2, 0) is 0 Å². The normalized spacial score (nSPS) is 18.0. The summed E-state index contributed by atoms with van der Waals surface area (Å²) < 4.78 is 13.5. The van der Waals surface area contributed by atoms with Crippen LogP contribution in [0.1, 0.15) is 42.5 Å². The van der Waals surface area contributed by atoms with Crippen molar-refractivity contribution >= 4 is 40.8 Å². The third-order valence-electron chi connectivity index (χ3n) is 5.38. The van der Waals surface area contributed by atoms with E-state index in [4.69, 9.17) is 23.1 Å². The van der Waals surface area contributed by atoms with Gasteiger partial charge in [-0.15, -0.1) is 0 Å². The number of carbonyl (C=O) groups excluding carboxylic acids is 1. The van der Waals surface area contributed by atoms with Gasteiger partial charge in [0.15, 0.2) is 0 Å². The van der Waals surface area contributed by atoms with E-state index in [2.05, 4.69) is 15.3 Å². The summed E-state index contributed by atoms with van der Waals surface area (Å²) in [4.78, 5) is 23.7. The van der Waals surface area contributed by atoms with E-state index in [-0.39, 0.29) is 17.5 Å². The summed E-state index contributed by atoms with van der Waals surface area (Å²) in [5.74, 6) is -0.589. The maximum atomic E-state index is 13.5. The average Bonchev–Trinajstić information content (AvgIpc) is 2.69. The summed E-state index contributed by atoms with van der Waals surface area (Å²) in [6, 6.07) is 10.6. The summed E-state index contributed by atoms with van der Waals surface area (Å²) in [7, 11) is 0. The fourth-order valence-corrected chi connectivity index (χ4v) is 4.29. The fraction of sp³-hybridized carbons (Fsp3) is 0.286. The Kier molecular flexibility index (Phi) is 5.34. The standard InChI is InChI=1S/C21H22ClFN6O/c22-13-7-8-17(16(11-13)18(30)26-15-6-4-5-14(23)12-15)29-20(25)27-19(24)28-21(29)9-2-1-3-10-21/h4-8,11-12H,1-3,9-10H2,(H,26,30)(H4,24,25,27,28). The molecule has 7 nitrogen and oxygen atoms in total. The summed E-state index contributed by atoms with van der Waals surface area (Å²) in [5, 5.41) is 3.10. The summed E-state index contributed by atoms with van der Waals surface area (Å²) in [5.41, 5.74) is 12.7. The smallest absolute Gasteiger partial charge is 0.257 e. The number of nitrogens with two attached hydrogens (primary N) is 2. The number of anilines is 2. The van der Waals surface area contributed by atoms with E-state index < -0.39 is 17.4 Å². The molecule has 5 N–H and O–H groups in total. The van der Waals surface area contributed by atoms with Crippen molar-refractivity contribution in [3.63, 3.8) is 0 Å². The lowest BCUT2D eigenvalue weighted by atomic mass is 9.87. The number of rotatable bonds is 3. The first-order valence-corrected chi connectivity index (χ1v) is 10.1. The van der Waals surface area contributed by atoms with Gasteiger partial charge in [0.1, 0.15) is 11.5 Å². The maximum Gasteiger partial charge on any atom is 0.257 e. The molecule has 1 amide bonds. The lowest BCUT2D eigenvalue weighted by molar-refractivity contribution is 0.102. The molecule has 9 heteroatoms. The third kappa shape index (κ3) is 3.82. The largest absolute Gasteiger partial charge is 0.369 e. The first-order chi connectivity index (χ1) is 14.4. The molecule has 0 bridgehead atoms. The van der Waals surface area contributed by atoms with Crippen molar-refractivity contribution in [1.29, 1.82) is 0 Å². The molecule has 156 valence electrons. The molecule has 0 aromatic heterocycles. The van der Waals surface area contributed by atoms with Crippen LogP contribution in [0.4, 0.5) is 15.8 Å². The van der Waals surface area contributed by atoms with Gasteiger partial charge in [-0.1, -0.05) is 24.1 Å². The van der Waals surface area contributed by atoms with Crippen LogP contribution in [0.3, 0.4) is 0 Å². The van der Waals surface area contributed by atoms with E-state index in [9.17, 15) is 9.18 Å². The molecule has 1 spiro atoms. The Morgan fingerprint density at radius 2 is 1.90 bits per heavy atom. The van der Waals surface area contributed by atoms with Gasteiger partial charge in [-0.25, -0.2) is 9.38 Å². The van der Waals surface area contributed by atoms with Crippen LogP contribution in [-0.4, -0.2) is 23.5 Å². The molecule has 1 fully saturated rings. The highest BCUT2D eigenvalue weighted by Crippen LogP contribution is 2.41. The molecule has 0 saturated heterocycles. The Morgan fingerprint density at radius 1 is 1.13 bits per heavy atom. The molecule has 0 atom stereocenters. The quantitative estimate of drug-likeness (QED) is 0.689. The number of halogens is 2. The van der Waals surface area contributed by atoms with Gasteiger partial charge in [0.05, 0.1) is 11.3 Å². The third-order valence-corrected chi connectivity index (χ3v) is 5.61. The molecular formula is C21H22ClFN6O. The molecule has 1 aliphatic carbocycles. The fourth-order valence-electron chi connectivity index (χ4n) is 4.12. The Labute approximate surface area is 178 Å². The average molecular weight is 429 g/mol. The second kappa shape index (κ2) is 7.95. The molecule has 0 unspecified atom stereocenters. The molecule has 30 heavy (non-hydrogen) atoms. The van der Waals surface area contributed by atoms with E-state index in [0.29, 0.717) is 16.4 Å². The highest BCUT2D eigenvalue weighted by Gasteiger charge is 2.43. The number of benzene rings is 2. The van der Waals surface area contributed by atoms with Crippen LogP contribution in [0.5, 0.6) is 0 Å². The number of carbonyl (C=O) groups is 1. The predicted molar refractivity (Wildman–Crippen MR) is 117 cm³/mol. The van der Waals surface area contributed by atoms with Crippen molar-refractivity contribution in [2.24, 2.45) is 21.5 Å². The Balaban J connectivity index is 1.77.